The number of anilines is 1. The van der Waals surface area contributed by atoms with Crippen LogP contribution in [0.25, 0.3) is 0 Å². The van der Waals surface area contributed by atoms with Crippen LogP contribution in [0.2, 0.25) is 0 Å². The lowest BCUT2D eigenvalue weighted by atomic mass is 10.2. The van der Waals surface area contributed by atoms with E-state index in [4.69, 9.17) is 4.74 Å². The van der Waals surface area contributed by atoms with Crippen LogP contribution in [0.5, 0.6) is 5.75 Å². The highest BCUT2D eigenvalue weighted by Gasteiger charge is 2.18. The molecule has 0 fully saturated rings. The summed E-state index contributed by atoms with van der Waals surface area (Å²) in [5.74, 6) is -0.886. The van der Waals surface area contributed by atoms with E-state index in [1.165, 1.54) is 24.5 Å². The van der Waals surface area contributed by atoms with Crippen molar-refractivity contribution in [3.05, 3.63) is 71.8 Å². The maximum atomic E-state index is 13.9. The van der Waals surface area contributed by atoms with Crippen molar-refractivity contribution in [3.63, 3.8) is 0 Å². The zero-order valence-electron chi connectivity index (χ0n) is 13.6. The highest BCUT2D eigenvalue weighted by molar-refractivity contribution is 6.05. The van der Waals surface area contributed by atoms with E-state index in [2.05, 4.69) is 15.5 Å². The molecule has 0 atom stereocenters. The van der Waals surface area contributed by atoms with Crippen LogP contribution in [-0.4, -0.2) is 27.3 Å². The minimum Gasteiger partial charge on any atom is -0.490 e. The van der Waals surface area contributed by atoms with Crippen molar-refractivity contribution in [3.8, 4) is 5.75 Å². The highest BCUT2D eigenvalue weighted by atomic mass is 19.1. The Morgan fingerprint density at radius 3 is 2.76 bits per heavy atom. The molecule has 1 heterocycles. The van der Waals surface area contributed by atoms with E-state index in [1.807, 2.05) is 30.3 Å². The minimum atomic E-state index is -0.583. The summed E-state index contributed by atoms with van der Waals surface area (Å²) in [7, 11) is 0. The van der Waals surface area contributed by atoms with Crippen molar-refractivity contribution >= 4 is 11.9 Å². The van der Waals surface area contributed by atoms with Crippen molar-refractivity contribution < 1.29 is 13.9 Å². The van der Waals surface area contributed by atoms with E-state index < -0.39 is 11.7 Å². The van der Waals surface area contributed by atoms with Gasteiger partial charge in [0.15, 0.2) is 11.6 Å². The maximum Gasteiger partial charge on any atom is 0.261 e. The Kier molecular flexibility index (Phi) is 5.03. The molecule has 0 radical (unpaired) electrons. The second-order valence-corrected chi connectivity index (χ2v) is 5.27. The smallest absolute Gasteiger partial charge is 0.261 e. The Morgan fingerprint density at radius 2 is 2.00 bits per heavy atom. The summed E-state index contributed by atoms with van der Waals surface area (Å²) >= 11 is 0. The third-order valence-electron chi connectivity index (χ3n) is 3.54. The van der Waals surface area contributed by atoms with E-state index in [9.17, 15) is 9.18 Å². The third-order valence-corrected chi connectivity index (χ3v) is 3.54. The van der Waals surface area contributed by atoms with Crippen LogP contribution in [0.3, 0.4) is 0 Å². The Bertz CT molecular complexity index is 865. The predicted molar refractivity (Wildman–Crippen MR) is 91.1 cm³/mol. The molecule has 2 aromatic carbocycles. The number of carbonyl (C=O) groups excluding carboxylic acids is 1. The minimum absolute atomic E-state index is 0.0726. The summed E-state index contributed by atoms with van der Waals surface area (Å²) in [6.45, 7) is 2.49. The molecule has 0 unspecified atom stereocenters. The summed E-state index contributed by atoms with van der Waals surface area (Å²) in [6, 6.07) is 13.9. The molecule has 3 aromatic rings. The van der Waals surface area contributed by atoms with Crippen molar-refractivity contribution in [1.29, 1.82) is 0 Å². The van der Waals surface area contributed by atoms with Crippen LogP contribution in [0.15, 0.2) is 54.9 Å². The SMILES string of the molecule is CCOc1c(F)cccc1C(=O)Nc1nncn1Cc1ccccc1. The fourth-order valence-electron chi connectivity index (χ4n) is 2.40. The van der Waals surface area contributed by atoms with Crippen LogP contribution >= 0.6 is 0 Å². The molecule has 0 aliphatic heterocycles. The van der Waals surface area contributed by atoms with Crippen LogP contribution in [0, 0.1) is 5.82 Å². The molecule has 7 heteroatoms. The first-order valence-corrected chi connectivity index (χ1v) is 7.83. The molecular formula is C18H17FN4O2. The fraction of sp³-hybridized carbons (Fsp3) is 0.167. The number of rotatable bonds is 6. The largest absolute Gasteiger partial charge is 0.490 e. The Labute approximate surface area is 144 Å². The van der Waals surface area contributed by atoms with Crippen LogP contribution in [0.4, 0.5) is 10.3 Å². The molecular weight excluding hydrogens is 323 g/mol. The molecule has 0 aliphatic rings. The monoisotopic (exact) mass is 340 g/mol. The molecule has 25 heavy (non-hydrogen) atoms. The molecule has 1 aromatic heterocycles. The number of halogens is 1. The second-order valence-electron chi connectivity index (χ2n) is 5.27. The lowest BCUT2D eigenvalue weighted by molar-refractivity contribution is 0.102. The molecule has 0 spiro atoms. The van der Waals surface area contributed by atoms with Gasteiger partial charge in [-0.25, -0.2) is 4.39 Å². The number of para-hydroxylation sites is 1. The van der Waals surface area contributed by atoms with Gasteiger partial charge in [-0.1, -0.05) is 36.4 Å². The summed E-state index contributed by atoms with van der Waals surface area (Å²) in [5.41, 5.74) is 1.15. The Morgan fingerprint density at radius 1 is 1.20 bits per heavy atom. The first kappa shape index (κ1) is 16.6. The molecule has 0 saturated carbocycles. The zero-order valence-corrected chi connectivity index (χ0v) is 13.6. The summed E-state index contributed by atoms with van der Waals surface area (Å²) in [5, 5.41) is 10.4. The number of carbonyl (C=O) groups is 1. The van der Waals surface area contributed by atoms with Gasteiger partial charge in [0.25, 0.3) is 5.91 Å². The zero-order chi connectivity index (χ0) is 17.6. The molecule has 6 nitrogen and oxygen atoms in total. The van der Waals surface area contributed by atoms with Gasteiger partial charge in [0, 0.05) is 0 Å². The van der Waals surface area contributed by atoms with E-state index in [0.717, 1.165) is 5.56 Å². The van der Waals surface area contributed by atoms with E-state index in [0.29, 0.717) is 6.54 Å². The van der Waals surface area contributed by atoms with Gasteiger partial charge in [-0.15, -0.1) is 10.2 Å². The summed E-state index contributed by atoms with van der Waals surface area (Å²) in [6.07, 6.45) is 1.53. The van der Waals surface area contributed by atoms with Crippen LogP contribution in [0.1, 0.15) is 22.8 Å². The van der Waals surface area contributed by atoms with Gasteiger partial charge >= 0.3 is 0 Å². The average Bonchev–Trinajstić information content (AvgIpc) is 3.04. The number of hydrogen-bond donors (Lipinski definition) is 1. The number of nitrogens with zero attached hydrogens (tertiary/aromatic N) is 3. The molecule has 0 aliphatic carbocycles. The highest BCUT2D eigenvalue weighted by Crippen LogP contribution is 2.23. The molecule has 3 rings (SSSR count). The van der Waals surface area contributed by atoms with Crippen molar-refractivity contribution in [1.82, 2.24) is 14.8 Å². The van der Waals surface area contributed by atoms with Gasteiger partial charge in [0.1, 0.15) is 6.33 Å². The van der Waals surface area contributed by atoms with Crippen molar-refractivity contribution in [2.75, 3.05) is 11.9 Å². The molecule has 1 amide bonds. The van der Waals surface area contributed by atoms with Gasteiger partial charge in [-0.2, -0.15) is 0 Å². The number of aromatic nitrogens is 3. The first-order chi connectivity index (χ1) is 12.2. The van der Waals surface area contributed by atoms with Gasteiger partial charge in [0.05, 0.1) is 18.7 Å². The molecule has 0 saturated heterocycles. The second kappa shape index (κ2) is 7.57. The predicted octanol–water partition coefficient (Wildman–Crippen LogP) is 3.12. The number of ether oxygens (including phenoxy) is 1. The third kappa shape index (κ3) is 3.82. The van der Waals surface area contributed by atoms with E-state index in [1.54, 1.807) is 11.5 Å². The number of benzene rings is 2. The van der Waals surface area contributed by atoms with Crippen LogP contribution < -0.4 is 10.1 Å². The normalized spacial score (nSPS) is 10.5. The number of amides is 1. The number of hydrogen-bond acceptors (Lipinski definition) is 4. The average molecular weight is 340 g/mol. The summed E-state index contributed by atoms with van der Waals surface area (Å²) in [4.78, 5) is 12.5. The van der Waals surface area contributed by atoms with Gasteiger partial charge in [-0.05, 0) is 24.6 Å². The van der Waals surface area contributed by atoms with Crippen molar-refractivity contribution in [2.45, 2.75) is 13.5 Å². The van der Waals surface area contributed by atoms with Gasteiger partial charge < -0.3 is 4.74 Å². The van der Waals surface area contributed by atoms with E-state index in [-0.39, 0.29) is 23.9 Å². The fourth-order valence-corrected chi connectivity index (χ4v) is 2.40. The van der Waals surface area contributed by atoms with Gasteiger partial charge in [-0.3, -0.25) is 14.7 Å². The number of nitrogens with one attached hydrogen (secondary N) is 1. The lowest BCUT2D eigenvalue weighted by Crippen LogP contribution is -2.18. The van der Waals surface area contributed by atoms with Crippen LogP contribution in [-0.2, 0) is 6.54 Å². The molecule has 128 valence electrons. The molecule has 1 N–H and O–H groups in total. The quantitative estimate of drug-likeness (QED) is 0.748. The van der Waals surface area contributed by atoms with Gasteiger partial charge in [0.2, 0.25) is 5.95 Å². The van der Waals surface area contributed by atoms with E-state index >= 15 is 0 Å². The standard InChI is InChI=1S/C18H17FN4O2/c1-2-25-16-14(9-6-10-15(16)19)17(24)21-18-22-20-12-23(18)11-13-7-4-3-5-8-13/h3-10,12H,2,11H2,1H3,(H,21,22,24). The Balaban J connectivity index is 1.81. The molecule has 0 bridgehead atoms. The van der Waals surface area contributed by atoms with Crippen molar-refractivity contribution in [2.24, 2.45) is 0 Å². The lowest BCUT2D eigenvalue weighted by Gasteiger charge is -2.12. The Hall–Kier alpha value is -3.22. The summed E-state index contributed by atoms with van der Waals surface area (Å²) < 4.78 is 20.9. The topological polar surface area (TPSA) is 69.0 Å². The first-order valence-electron chi connectivity index (χ1n) is 7.83. The maximum absolute atomic E-state index is 13.9.